The number of rotatable bonds is 4. The Labute approximate surface area is 180 Å². The van der Waals surface area contributed by atoms with Crippen LogP contribution in [0.2, 0.25) is 0 Å². The monoisotopic (exact) mass is 415 g/mol. The van der Waals surface area contributed by atoms with Gasteiger partial charge in [0.15, 0.2) is 0 Å². The minimum absolute atomic E-state index is 0.422. The van der Waals surface area contributed by atoms with Gasteiger partial charge in [-0.1, -0.05) is 42.7 Å². The summed E-state index contributed by atoms with van der Waals surface area (Å²) in [5.74, 6) is 0.289. The highest BCUT2D eigenvalue weighted by molar-refractivity contribution is 5.96. The van der Waals surface area contributed by atoms with Gasteiger partial charge in [0.2, 0.25) is 5.95 Å². The predicted octanol–water partition coefficient (Wildman–Crippen LogP) is 3.66. The van der Waals surface area contributed by atoms with Crippen molar-refractivity contribution in [3.05, 3.63) is 72.2 Å². The number of para-hydroxylation sites is 1. The fourth-order valence-electron chi connectivity index (χ4n) is 3.66. The van der Waals surface area contributed by atoms with E-state index in [2.05, 4.69) is 25.5 Å². The molecular formula is C23H25N7O. The van der Waals surface area contributed by atoms with Crippen LogP contribution in [0.25, 0.3) is 16.6 Å². The molecule has 0 saturated heterocycles. The summed E-state index contributed by atoms with van der Waals surface area (Å²) in [6.45, 7) is 1.90. The first-order valence-corrected chi connectivity index (χ1v) is 10.4. The minimum Gasteiger partial charge on any atom is -0.366 e. The third-order valence-electron chi connectivity index (χ3n) is 5.23. The van der Waals surface area contributed by atoms with E-state index in [-0.39, 0.29) is 0 Å². The zero-order chi connectivity index (χ0) is 21.6. The molecule has 2 heterocycles. The maximum absolute atomic E-state index is 11.2. The molecule has 0 bridgehead atoms. The molecule has 3 N–H and O–H groups in total. The molecule has 4 aromatic rings. The van der Waals surface area contributed by atoms with Gasteiger partial charge in [0.1, 0.15) is 0 Å². The summed E-state index contributed by atoms with van der Waals surface area (Å²) in [5.41, 5.74) is 8.28. The van der Waals surface area contributed by atoms with Crippen molar-refractivity contribution in [2.45, 2.75) is 38.6 Å². The van der Waals surface area contributed by atoms with Crippen LogP contribution in [0.3, 0.4) is 0 Å². The van der Waals surface area contributed by atoms with Gasteiger partial charge in [-0.15, -0.1) is 0 Å². The molecule has 8 nitrogen and oxygen atoms in total. The molecule has 2 aromatic heterocycles. The Bertz CT molecular complexity index is 1170. The van der Waals surface area contributed by atoms with Gasteiger partial charge in [-0.25, -0.2) is 9.97 Å². The summed E-state index contributed by atoms with van der Waals surface area (Å²) in [6, 6.07) is 14.0. The highest BCUT2D eigenvalue weighted by Gasteiger charge is 2.15. The molecule has 1 fully saturated rings. The Morgan fingerprint density at radius 2 is 1.84 bits per heavy atom. The Kier molecular flexibility index (Phi) is 6.16. The SMILES string of the molecule is Cc1ccc(-n2nccn2)c(C(N)=O)c1.c1ccc2nc(NC3CCCC3)ncc2c1. The molecule has 1 aliphatic carbocycles. The predicted molar refractivity (Wildman–Crippen MR) is 120 cm³/mol. The molecule has 1 saturated carbocycles. The van der Waals surface area contributed by atoms with E-state index < -0.39 is 5.91 Å². The normalized spacial score (nSPS) is 13.6. The Morgan fingerprint density at radius 3 is 2.58 bits per heavy atom. The van der Waals surface area contributed by atoms with Crippen molar-refractivity contribution in [2.75, 3.05) is 5.32 Å². The van der Waals surface area contributed by atoms with Crippen LogP contribution in [0, 0.1) is 6.92 Å². The van der Waals surface area contributed by atoms with Gasteiger partial charge in [0.05, 0.1) is 29.2 Å². The first-order valence-electron chi connectivity index (χ1n) is 10.4. The average Bonchev–Trinajstić information content (AvgIpc) is 3.48. The van der Waals surface area contributed by atoms with E-state index in [0.29, 0.717) is 17.3 Å². The molecule has 8 heteroatoms. The number of fused-ring (bicyclic) bond motifs is 1. The van der Waals surface area contributed by atoms with E-state index in [1.807, 2.05) is 43.5 Å². The molecule has 1 amide bonds. The van der Waals surface area contributed by atoms with Crippen LogP contribution >= 0.6 is 0 Å². The number of hydrogen-bond acceptors (Lipinski definition) is 6. The van der Waals surface area contributed by atoms with Gasteiger partial charge >= 0.3 is 0 Å². The first kappa shape index (κ1) is 20.5. The number of benzene rings is 2. The van der Waals surface area contributed by atoms with E-state index in [0.717, 1.165) is 22.4 Å². The number of anilines is 1. The zero-order valence-corrected chi connectivity index (χ0v) is 17.4. The number of aromatic nitrogens is 5. The van der Waals surface area contributed by atoms with Crippen molar-refractivity contribution < 1.29 is 4.79 Å². The lowest BCUT2D eigenvalue weighted by molar-refractivity contribution is 0.1000. The zero-order valence-electron chi connectivity index (χ0n) is 17.4. The van der Waals surface area contributed by atoms with Crippen molar-refractivity contribution >= 4 is 22.8 Å². The number of carbonyl (C=O) groups excluding carboxylic acids is 1. The molecule has 5 rings (SSSR count). The third kappa shape index (κ3) is 5.03. The largest absolute Gasteiger partial charge is 0.366 e. The lowest BCUT2D eigenvalue weighted by atomic mass is 10.1. The van der Waals surface area contributed by atoms with Gasteiger partial charge in [0.25, 0.3) is 5.91 Å². The highest BCUT2D eigenvalue weighted by atomic mass is 16.1. The van der Waals surface area contributed by atoms with Gasteiger partial charge in [0, 0.05) is 17.6 Å². The third-order valence-corrected chi connectivity index (χ3v) is 5.23. The highest BCUT2D eigenvalue weighted by Crippen LogP contribution is 2.21. The number of hydrogen-bond donors (Lipinski definition) is 2. The van der Waals surface area contributed by atoms with E-state index in [4.69, 9.17) is 5.73 Å². The van der Waals surface area contributed by atoms with Crippen molar-refractivity contribution in [1.82, 2.24) is 25.0 Å². The van der Waals surface area contributed by atoms with E-state index in [1.165, 1.54) is 30.5 Å². The lowest BCUT2D eigenvalue weighted by Gasteiger charge is -2.11. The van der Waals surface area contributed by atoms with Gasteiger partial charge in [-0.3, -0.25) is 4.79 Å². The first-order chi connectivity index (χ1) is 15.1. The van der Waals surface area contributed by atoms with E-state index >= 15 is 0 Å². The standard InChI is InChI=1S/C13H15N3.C10H10N4O/c1-4-8-12-10(5-1)9-14-13(16-12)15-11-6-2-3-7-11;1-7-2-3-9(8(6-7)10(11)15)14-12-4-5-13-14/h1,4-5,8-9,11H,2-3,6-7H2,(H,14,15,16);2-6H,1H3,(H2,11,15). The molecule has 0 atom stereocenters. The Hall–Kier alpha value is -3.81. The number of nitrogens with zero attached hydrogens (tertiary/aromatic N) is 5. The summed E-state index contributed by atoms with van der Waals surface area (Å²) in [7, 11) is 0. The number of primary amides is 1. The number of nitrogens with two attached hydrogens (primary N) is 1. The summed E-state index contributed by atoms with van der Waals surface area (Å²) in [4.78, 5) is 21.5. The summed E-state index contributed by atoms with van der Waals surface area (Å²) in [5, 5.41) is 12.4. The quantitative estimate of drug-likeness (QED) is 0.526. The molecule has 2 aromatic carbocycles. The lowest BCUT2D eigenvalue weighted by Crippen LogP contribution is -2.16. The topological polar surface area (TPSA) is 112 Å². The number of aryl methyl sites for hydroxylation is 1. The second kappa shape index (κ2) is 9.34. The number of carbonyl (C=O) groups is 1. The molecule has 1 aliphatic rings. The Morgan fingerprint density at radius 1 is 1.10 bits per heavy atom. The van der Waals surface area contributed by atoms with Crippen molar-refractivity contribution in [1.29, 1.82) is 0 Å². The Balaban J connectivity index is 0.000000150. The van der Waals surface area contributed by atoms with Crippen LogP contribution in [-0.4, -0.2) is 36.9 Å². The van der Waals surface area contributed by atoms with E-state index in [9.17, 15) is 4.79 Å². The van der Waals surface area contributed by atoms with Gasteiger partial charge < -0.3 is 11.1 Å². The molecule has 158 valence electrons. The van der Waals surface area contributed by atoms with Crippen molar-refractivity contribution in [3.8, 4) is 5.69 Å². The smallest absolute Gasteiger partial charge is 0.250 e. The van der Waals surface area contributed by atoms with Crippen LogP contribution in [0.5, 0.6) is 0 Å². The maximum Gasteiger partial charge on any atom is 0.250 e. The number of amides is 1. The van der Waals surface area contributed by atoms with Gasteiger partial charge in [-0.2, -0.15) is 15.0 Å². The summed E-state index contributed by atoms with van der Waals surface area (Å²) in [6.07, 6.45) is 10.1. The fourth-order valence-corrected chi connectivity index (χ4v) is 3.66. The minimum atomic E-state index is -0.481. The van der Waals surface area contributed by atoms with Crippen LogP contribution < -0.4 is 11.1 Å². The molecule has 0 unspecified atom stereocenters. The molecule has 31 heavy (non-hydrogen) atoms. The fraction of sp³-hybridized carbons (Fsp3) is 0.261. The van der Waals surface area contributed by atoms with Crippen LogP contribution in [0.15, 0.2) is 61.1 Å². The summed E-state index contributed by atoms with van der Waals surface area (Å²) >= 11 is 0. The molecular weight excluding hydrogens is 390 g/mol. The maximum atomic E-state index is 11.2. The second-order valence-corrected chi connectivity index (χ2v) is 7.58. The van der Waals surface area contributed by atoms with Crippen LogP contribution in [0.1, 0.15) is 41.6 Å². The molecule has 0 spiro atoms. The number of nitrogens with one attached hydrogen (secondary N) is 1. The van der Waals surface area contributed by atoms with E-state index in [1.54, 1.807) is 24.5 Å². The summed E-state index contributed by atoms with van der Waals surface area (Å²) < 4.78 is 0. The molecule has 0 aliphatic heterocycles. The van der Waals surface area contributed by atoms with Crippen LogP contribution in [-0.2, 0) is 0 Å². The van der Waals surface area contributed by atoms with Crippen molar-refractivity contribution in [2.24, 2.45) is 5.73 Å². The van der Waals surface area contributed by atoms with Crippen LogP contribution in [0.4, 0.5) is 5.95 Å². The van der Waals surface area contributed by atoms with Crippen molar-refractivity contribution in [3.63, 3.8) is 0 Å². The molecule has 0 radical (unpaired) electrons. The van der Waals surface area contributed by atoms with Gasteiger partial charge in [-0.05, 0) is 38.0 Å². The average molecular weight is 416 g/mol. The second-order valence-electron chi connectivity index (χ2n) is 7.58.